The molecule has 0 spiro atoms. The molecular weight excluding hydrogens is 432 g/mol. The fraction of sp³-hybridized carbons (Fsp3) is 0.364. The Balaban J connectivity index is 1.36. The fourth-order valence-electron chi connectivity index (χ4n) is 3.93. The van der Waals surface area contributed by atoms with Gasteiger partial charge in [0.2, 0.25) is 17.6 Å². The van der Waals surface area contributed by atoms with Gasteiger partial charge in [-0.1, -0.05) is 12.1 Å². The van der Waals surface area contributed by atoms with Gasteiger partial charge >= 0.3 is 0 Å². The van der Waals surface area contributed by atoms with E-state index in [0.29, 0.717) is 66.8 Å². The molecule has 9 nitrogen and oxygen atoms in total. The summed E-state index contributed by atoms with van der Waals surface area (Å²) in [6.45, 7) is 2.55. The zero-order chi connectivity index (χ0) is 22.1. The summed E-state index contributed by atoms with van der Waals surface area (Å²) in [7, 11) is 0. The van der Waals surface area contributed by atoms with E-state index in [0.717, 1.165) is 6.42 Å². The minimum atomic E-state index is -0.308. The molecule has 2 aromatic heterocycles. The number of carbonyl (C=O) groups excluding carboxylic acids is 3. The Hall–Kier alpha value is -3.24. The lowest BCUT2D eigenvalue weighted by molar-refractivity contribution is -0.117. The third kappa shape index (κ3) is 3.98. The van der Waals surface area contributed by atoms with Crippen LogP contribution in [0.4, 0.5) is 10.8 Å². The van der Waals surface area contributed by atoms with E-state index in [9.17, 15) is 14.4 Å². The van der Waals surface area contributed by atoms with Crippen molar-refractivity contribution in [3.63, 3.8) is 0 Å². The number of benzene rings is 1. The van der Waals surface area contributed by atoms with Crippen molar-refractivity contribution >= 4 is 50.8 Å². The molecule has 5 rings (SSSR count). The number of morpholine rings is 1. The van der Waals surface area contributed by atoms with Crippen LogP contribution in [-0.4, -0.2) is 60.5 Å². The average Bonchev–Trinajstić information content (AvgIpc) is 3.53. The highest BCUT2D eigenvalue weighted by molar-refractivity contribution is 7.14. The third-order valence-corrected chi connectivity index (χ3v) is 6.45. The van der Waals surface area contributed by atoms with Gasteiger partial charge < -0.3 is 19.4 Å². The Morgan fingerprint density at radius 3 is 2.75 bits per heavy atom. The summed E-state index contributed by atoms with van der Waals surface area (Å²) in [4.78, 5) is 45.7. The van der Waals surface area contributed by atoms with Crippen molar-refractivity contribution in [2.75, 3.05) is 43.1 Å². The number of hydrogen-bond acceptors (Lipinski definition) is 7. The van der Waals surface area contributed by atoms with Crippen molar-refractivity contribution < 1.29 is 23.5 Å². The lowest BCUT2D eigenvalue weighted by Crippen LogP contribution is -2.40. The number of nitrogens with one attached hydrogen (secondary N) is 1. The van der Waals surface area contributed by atoms with Gasteiger partial charge in [0, 0.05) is 36.8 Å². The zero-order valence-corrected chi connectivity index (χ0v) is 18.2. The highest BCUT2D eigenvalue weighted by Gasteiger charge is 2.28. The monoisotopic (exact) mass is 454 g/mol. The second kappa shape index (κ2) is 8.71. The predicted molar refractivity (Wildman–Crippen MR) is 119 cm³/mol. The number of para-hydroxylation sites is 1. The number of anilines is 2. The average molecular weight is 455 g/mol. The quantitative estimate of drug-likeness (QED) is 0.636. The van der Waals surface area contributed by atoms with E-state index in [1.807, 2.05) is 18.2 Å². The maximum Gasteiger partial charge on any atom is 0.291 e. The number of thiazole rings is 1. The van der Waals surface area contributed by atoms with Gasteiger partial charge in [-0.25, -0.2) is 4.98 Å². The molecule has 2 aliphatic heterocycles. The van der Waals surface area contributed by atoms with Crippen LogP contribution in [0.15, 0.2) is 34.1 Å². The number of rotatable bonds is 5. The second-order valence-electron chi connectivity index (χ2n) is 7.70. The molecule has 3 amide bonds. The fourth-order valence-corrected chi connectivity index (χ4v) is 4.80. The molecule has 2 saturated heterocycles. The van der Waals surface area contributed by atoms with Crippen LogP contribution in [0, 0.1) is 0 Å². The van der Waals surface area contributed by atoms with Gasteiger partial charge in [-0.2, -0.15) is 0 Å². The number of furan rings is 1. The van der Waals surface area contributed by atoms with Crippen LogP contribution in [-0.2, 0) is 20.7 Å². The second-order valence-corrected chi connectivity index (χ2v) is 8.54. The van der Waals surface area contributed by atoms with Crippen LogP contribution in [0.1, 0.15) is 29.1 Å². The number of nitrogens with zero attached hydrogens (tertiary/aromatic N) is 3. The minimum absolute atomic E-state index is 0.0310. The van der Waals surface area contributed by atoms with Crippen molar-refractivity contribution in [2.45, 2.75) is 19.3 Å². The summed E-state index contributed by atoms with van der Waals surface area (Å²) < 4.78 is 11.2. The molecule has 0 atom stereocenters. The Labute approximate surface area is 187 Å². The molecule has 4 heterocycles. The van der Waals surface area contributed by atoms with Crippen LogP contribution < -0.4 is 10.2 Å². The number of hydrogen-bond donors (Lipinski definition) is 1. The minimum Gasteiger partial charge on any atom is -0.449 e. The third-order valence-electron chi connectivity index (χ3n) is 5.54. The van der Waals surface area contributed by atoms with Crippen LogP contribution in [0.3, 0.4) is 0 Å². The molecule has 0 unspecified atom stereocenters. The van der Waals surface area contributed by atoms with Crippen molar-refractivity contribution in [3.05, 3.63) is 41.1 Å². The van der Waals surface area contributed by atoms with Gasteiger partial charge in [0.05, 0.1) is 25.3 Å². The van der Waals surface area contributed by atoms with Gasteiger partial charge in [-0.15, -0.1) is 11.3 Å². The number of ether oxygens (including phenoxy) is 1. The first kappa shape index (κ1) is 20.7. The van der Waals surface area contributed by atoms with Crippen molar-refractivity contribution in [2.24, 2.45) is 0 Å². The largest absolute Gasteiger partial charge is 0.449 e. The molecule has 0 radical (unpaired) electrons. The normalized spacial score (nSPS) is 16.7. The molecule has 0 bridgehead atoms. The summed E-state index contributed by atoms with van der Waals surface area (Å²) in [5, 5.41) is 5.93. The van der Waals surface area contributed by atoms with E-state index in [1.165, 1.54) is 11.3 Å². The van der Waals surface area contributed by atoms with E-state index in [2.05, 4.69) is 10.3 Å². The molecule has 2 aliphatic rings. The number of fused-ring (bicyclic) bond motifs is 1. The SMILES string of the molecule is O=C(Cc1csc(N2CCCC2=O)n1)Nc1c(C(=O)N2CCOCC2)oc2ccccc12. The summed E-state index contributed by atoms with van der Waals surface area (Å²) in [6, 6.07) is 7.22. The van der Waals surface area contributed by atoms with Gasteiger partial charge in [0.1, 0.15) is 11.3 Å². The van der Waals surface area contributed by atoms with Crippen molar-refractivity contribution in [1.82, 2.24) is 9.88 Å². The summed E-state index contributed by atoms with van der Waals surface area (Å²) >= 11 is 1.35. The molecule has 1 N–H and O–H groups in total. The highest BCUT2D eigenvalue weighted by Crippen LogP contribution is 2.32. The topological polar surface area (TPSA) is 105 Å². The zero-order valence-electron chi connectivity index (χ0n) is 17.3. The lowest BCUT2D eigenvalue weighted by atomic mass is 10.2. The molecule has 10 heteroatoms. The molecule has 0 saturated carbocycles. The van der Waals surface area contributed by atoms with E-state index < -0.39 is 0 Å². The van der Waals surface area contributed by atoms with E-state index in [1.54, 1.807) is 21.2 Å². The van der Waals surface area contributed by atoms with Crippen LogP contribution >= 0.6 is 11.3 Å². The molecule has 2 fully saturated rings. The van der Waals surface area contributed by atoms with Crippen LogP contribution in [0.5, 0.6) is 0 Å². The Bertz CT molecular complexity index is 1180. The van der Waals surface area contributed by atoms with E-state index >= 15 is 0 Å². The first-order chi connectivity index (χ1) is 15.6. The Morgan fingerprint density at radius 1 is 1.16 bits per heavy atom. The number of aromatic nitrogens is 1. The first-order valence-electron chi connectivity index (χ1n) is 10.5. The maximum atomic E-state index is 13.1. The van der Waals surface area contributed by atoms with Crippen LogP contribution in [0.2, 0.25) is 0 Å². The van der Waals surface area contributed by atoms with Crippen molar-refractivity contribution in [3.8, 4) is 0 Å². The van der Waals surface area contributed by atoms with Gasteiger partial charge in [-0.05, 0) is 18.6 Å². The van der Waals surface area contributed by atoms with E-state index in [-0.39, 0.29) is 29.9 Å². The van der Waals surface area contributed by atoms with Crippen LogP contribution in [0.25, 0.3) is 11.0 Å². The van der Waals surface area contributed by atoms with Gasteiger partial charge in [0.15, 0.2) is 5.13 Å². The standard InChI is InChI=1S/C22H22N4O5S/c27-17(12-14-13-32-22(23-14)26-7-3-6-18(26)28)24-19-15-4-1-2-5-16(15)31-20(19)21(29)25-8-10-30-11-9-25/h1-2,4-5,13H,3,6-12H2,(H,24,27). The predicted octanol–water partition coefficient (Wildman–Crippen LogP) is 2.67. The summed E-state index contributed by atoms with van der Waals surface area (Å²) in [5.74, 6) is -0.407. The summed E-state index contributed by atoms with van der Waals surface area (Å²) in [6.07, 6.45) is 1.38. The first-order valence-corrected chi connectivity index (χ1v) is 11.4. The molecule has 0 aliphatic carbocycles. The highest BCUT2D eigenvalue weighted by atomic mass is 32.1. The Morgan fingerprint density at radius 2 is 1.97 bits per heavy atom. The van der Waals surface area contributed by atoms with E-state index in [4.69, 9.17) is 9.15 Å². The molecule has 1 aromatic carbocycles. The molecule has 3 aromatic rings. The molecule has 166 valence electrons. The molecular formula is C22H22N4O5S. The van der Waals surface area contributed by atoms with Crippen molar-refractivity contribution in [1.29, 1.82) is 0 Å². The number of carbonyl (C=O) groups is 3. The number of amides is 3. The maximum absolute atomic E-state index is 13.1. The molecule has 32 heavy (non-hydrogen) atoms. The smallest absolute Gasteiger partial charge is 0.291 e. The lowest BCUT2D eigenvalue weighted by Gasteiger charge is -2.26. The summed E-state index contributed by atoms with van der Waals surface area (Å²) in [5.41, 5.74) is 1.48. The van der Waals surface area contributed by atoms with Gasteiger partial charge in [-0.3, -0.25) is 19.3 Å². The van der Waals surface area contributed by atoms with Gasteiger partial charge in [0.25, 0.3) is 5.91 Å². The Kier molecular flexibility index (Phi) is 5.62.